The van der Waals surface area contributed by atoms with Gasteiger partial charge in [0.15, 0.2) is 5.82 Å². The lowest BCUT2D eigenvalue weighted by molar-refractivity contribution is 0.366. The van der Waals surface area contributed by atoms with Crippen LogP contribution in [-0.4, -0.2) is 32.8 Å². The maximum atomic E-state index is 11.5. The third-order valence-electron chi connectivity index (χ3n) is 3.55. The van der Waals surface area contributed by atoms with E-state index in [1.807, 2.05) is 15.8 Å². The van der Waals surface area contributed by atoms with E-state index in [9.17, 15) is 4.79 Å². The maximum Gasteiger partial charge on any atom is 0.271 e. The zero-order chi connectivity index (χ0) is 14.1. The van der Waals surface area contributed by atoms with Crippen LogP contribution in [0.15, 0.2) is 23.4 Å². The number of nitrogen functional groups attached to an aromatic ring is 1. The molecule has 1 saturated heterocycles. The molecule has 106 valence electrons. The predicted molar refractivity (Wildman–Crippen MR) is 77.0 cm³/mol. The Bertz CT molecular complexity index is 658. The number of piperidine rings is 1. The number of anilines is 2. The molecule has 3 rings (SSSR count). The summed E-state index contributed by atoms with van der Waals surface area (Å²) in [5, 5.41) is 4.39. The van der Waals surface area contributed by atoms with Gasteiger partial charge in [0.05, 0.1) is 12.4 Å². The van der Waals surface area contributed by atoms with Crippen LogP contribution in [0.25, 0.3) is 0 Å². The summed E-state index contributed by atoms with van der Waals surface area (Å²) in [6, 6.07) is 2.12. The molecule has 0 atom stereocenters. The first-order valence-corrected chi connectivity index (χ1v) is 6.81. The molecule has 1 aliphatic heterocycles. The highest BCUT2D eigenvalue weighted by molar-refractivity contribution is 6.32. The standard InChI is InChI=1S/C12H15ClN6O/c13-10-11(15-7-16-12(10)20)18-4-1-8(2-5-18)19-6-3-9(14)17-19/h3,6-8H,1-2,4-5H2,(H2,14,17)(H,15,16,20). The average molecular weight is 295 g/mol. The Morgan fingerprint density at radius 2 is 2.15 bits per heavy atom. The second kappa shape index (κ2) is 5.16. The Hall–Kier alpha value is -2.02. The van der Waals surface area contributed by atoms with Crippen LogP contribution in [0.3, 0.4) is 0 Å². The number of nitrogens with two attached hydrogens (primary N) is 1. The molecule has 3 heterocycles. The van der Waals surface area contributed by atoms with Crippen molar-refractivity contribution >= 4 is 23.2 Å². The predicted octanol–water partition coefficient (Wildman–Crippen LogP) is 1.04. The van der Waals surface area contributed by atoms with Crippen molar-refractivity contribution in [1.82, 2.24) is 19.7 Å². The molecule has 1 fully saturated rings. The Morgan fingerprint density at radius 1 is 1.40 bits per heavy atom. The van der Waals surface area contributed by atoms with Crippen molar-refractivity contribution in [3.05, 3.63) is 34.0 Å². The Labute approximate surface area is 120 Å². The number of H-pyrrole nitrogens is 1. The zero-order valence-electron chi connectivity index (χ0n) is 10.8. The molecule has 1 aliphatic rings. The van der Waals surface area contributed by atoms with E-state index in [1.165, 1.54) is 6.33 Å². The number of aromatic nitrogens is 4. The van der Waals surface area contributed by atoms with Crippen molar-refractivity contribution in [1.29, 1.82) is 0 Å². The van der Waals surface area contributed by atoms with E-state index in [1.54, 1.807) is 6.07 Å². The fourth-order valence-corrected chi connectivity index (χ4v) is 2.72. The molecule has 0 radical (unpaired) electrons. The molecular weight excluding hydrogens is 280 g/mol. The van der Waals surface area contributed by atoms with Crippen molar-refractivity contribution in [3.63, 3.8) is 0 Å². The van der Waals surface area contributed by atoms with Gasteiger partial charge in [-0.05, 0) is 18.9 Å². The number of rotatable bonds is 2. The fourth-order valence-electron chi connectivity index (χ4n) is 2.49. The van der Waals surface area contributed by atoms with Crippen LogP contribution in [0.5, 0.6) is 0 Å². The van der Waals surface area contributed by atoms with Crippen LogP contribution in [0.1, 0.15) is 18.9 Å². The molecule has 20 heavy (non-hydrogen) atoms. The zero-order valence-corrected chi connectivity index (χ0v) is 11.5. The first-order chi connectivity index (χ1) is 9.65. The van der Waals surface area contributed by atoms with Gasteiger partial charge >= 0.3 is 0 Å². The number of hydrogen-bond donors (Lipinski definition) is 2. The van der Waals surface area contributed by atoms with Gasteiger partial charge in [-0.2, -0.15) is 5.10 Å². The van der Waals surface area contributed by atoms with Gasteiger partial charge in [-0.15, -0.1) is 0 Å². The molecule has 0 aromatic carbocycles. The summed E-state index contributed by atoms with van der Waals surface area (Å²) in [6.45, 7) is 1.56. The molecule has 2 aromatic rings. The number of nitrogens with one attached hydrogen (secondary N) is 1. The number of halogens is 1. The van der Waals surface area contributed by atoms with E-state index in [0.717, 1.165) is 25.9 Å². The van der Waals surface area contributed by atoms with Gasteiger partial charge in [0, 0.05) is 19.3 Å². The van der Waals surface area contributed by atoms with Gasteiger partial charge in [-0.25, -0.2) is 4.98 Å². The molecule has 0 spiro atoms. The summed E-state index contributed by atoms with van der Waals surface area (Å²) >= 11 is 6.00. The molecular formula is C12H15ClN6O. The van der Waals surface area contributed by atoms with E-state index >= 15 is 0 Å². The Balaban J connectivity index is 1.72. The minimum absolute atomic E-state index is 0.147. The highest BCUT2D eigenvalue weighted by atomic mass is 35.5. The number of aromatic amines is 1. The van der Waals surface area contributed by atoms with E-state index in [-0.39, 0.29) is 10.6 Å². The van der Waals surface area contributed by atoms with Crippen molar-refractivity contribution in [3.8, 4) is 0 Å². The van der Waals surface area contributed by atoms with Gasteiger partial charge in [0.1, 0.15) is 10.8 Å². The summed E-state index contributed by atoms with van der Waals surface area (Å²) in [6.07, 6.45) is 5.09. The highest BCUT2D eigenvalue weighted by Gasteiger charge is 2.23. The first-order valence-electron chi connectivity index (χ1n) is 6.44. The van der Waals surface area contributed by atoms with Crippen LogP contribution < -0.4 is 16.2 Å². The van der Waals surface area contributed by atoms with Crippen LogP contribution in [0.4, 0.5) is 11.6 Å². The minimum Gasteiger partial charge on any atom is -0.382 e. The monoisotopic (exact) mass is 294 g/mol. The quantitative estimate of drug-likeness (QED) is 0.863. The van der Waals surface area contributed by atoms with E-state index in [4.69, 9.17) is 17.3 Å². The van der Waals surface area contributed by atoms with Gasteiger partial charge < -0.3 is 15.6 Å². The molecule has 8 heteroatoms. The topological polar surface area (TPSA) is 92.8 Å². The summed E-state index contributed by atoms with van der Waals surface area (Å²) in [4.78, 5) is 20.1. The van der Waals surface area contributed by atoms with E-state index in [2.05, 4.69) is 15.1 Å². The van der Waals surface area contributed by atoms with Gasteiger partial charge in [-0.3, -0.25) is 9.48 Å². The Morgan fingerprint density at radius 3 is 2.80 bits per heavy atom. The molecule has 3 N–H and O–H groups in total. The molecule has 0 aliphatic carbocycles. The molecule has 7 nitrogen and oxygen atoms in total. The normalized spacial score (nSPS) is 16.6. The summed E-state index contributed by atoms with van der Waals surface area (Å²) < 4.78 is 1.90. The van der Waals surface area contributed by atoms with E-state index in [0.29, 0.717) is 17.7 Å². The lowest BCUT2D eigenvalue weighted by Gasteiger charge is -2.33. The first kappa shape index (κ1) is 13.0. The SMILES string of the molecule is Nc1ccn(C2CCN(c3nc[nH]c(=O)c3Cl)CC2)n1. The van der Waals surface area contributed by atoms with Crippen LogP contribution in [0, 0.1) is 0 Å². The highest BCUT2D eigenvalue weighted by Crippen LogP contribution is 2.27. The molecule has 0 saturated carbocycles. The molecule has 0 unspecified atom stereocenters. The van der Waals surface area contributed by atoms with Gasteiger partial charge in [0.2, 0.25) is 0 Å². The van der Waals surface area contributed by atoms with Crippen molar-refractivity contribution in [2.24, 2.45) is 0 Å². The summed E-state index contributed by atoms with van der Waals surface area (Å²) in [7, 11) is 0. The molecule has 2 aromatic heterocycles. The van der Waals surface area contributed by atoms with Crippen LogP contribution in [-0.2, 0) is 0 Å². The smallest absolute Gasteiger partial charge is 0.271 e. The third kappa shape index (κ3) is 2.36. The summed E-state index contributed by atoms with van der Waals surface area (Å²) in [5.74, 6) is 1.08. The van der Waals surface area contributed by atoms with Crippen molar-refractivity contribution in [2.45, 2.75) is 18.9 Å². The van der Waals surface area contributed by atoms with Crippen LogP contribution >= 0.6 is 11.6 Å². The lowest BCUT2D eigenvalue weighted by atomic mass is 10.1. The largest absolute Gasteiger partial charge is 0.382 e. The third-order valence-corrected chi connectivity index (χ3v) is 3.89. The van der Waals surface area contributed by atoms with Gasteiger partial charge in [-0.1, -0.05) is 11.6 Å². The van der Waals surface area contributed by atoms with Crippen molar-refractivity contribution < 1.29 is 0 Å². The second-order valence-corrected chi connectivity index (χ2v) is 5.19. The second-order valence-electron chi connectivity index (χ2n) is 4.81. The average Bonchev–Trinajstić information content (AvgIpc) is 2.89. The van der Waals surface area contributed by atoms with Crippen LogP contribution in [0.2, 0.25) is 5.02 Å². The fraction of sp³-hybridized carbons (Fsp3) is 0.417. The number of hydrogen-bond acceptors (Lipinski definition) is 5. The lowest BCUT2D eigenvalue weighted by Crippen LogP contribution is -2.36. The van der Waals surface area contributed by atoms with E-state index < -0.39 is 0 Å². The molecule has 0 amide bonds. The van der Waals surface area contributed by atoms with Gasteiger partial charge in [0.25, 0.3) is 5.56 Å². The maximum absolute atomic E-state index is 11.5. The summed E-state index contributed by atoms with van der Waals surface area (Å²) in [5.41, 5.74) is 5.33. The Kier molecular flexibility index (Phi) is 3.35. The molecule has 0 bridgehead atoms. The van der Waals surface area contributed by atoms with Crippen molar-refractivity contribution in [2.75, 3.05) is 23.7 Å². The minimum atomic E-state index is -0.307. The number of nitrogens with zero attached hydrogens (tertiary/aromatic N) is 4.